The monoisotopic (exact) mass is 442 g/mol. The molecule has 2 aromatic carbocycles. The van der Waals surface area contributed by atoms with E-state index in [1.165, 1.54) is 88.2 Å². The second kappa shape index (κ2) is 13.0. The van der Waals surface area contributed by atoms with Crippen molar-refractivity contribution in [1.82, 2.24) is 0 Å². The summed E-state index contributed by atoms with van der Waals surface area (Å²) in [7, 11) is 0. The predicted molar refractivity (Wildman–Crippen MR) is 146 cm³/mol. The fourth-order valence-corrected chi connectivity index (χ4v) is 5.93. The van der Waals surface area contributed by atoms with Crippen molar-refractivity contribution in [2.75, 3.05) is 0 Å². The van der Waals surface area contributed by atoms with E-state index in [1.54, 1.807) is 22.3 Å². The first kappa shape index (κ1) is 25.5. The normalized spacial score (nSPS) is 15.5. The molecule has 0 saturated heterocycles. The number of unbranched alkanes of at least 4 members (excludes halogenated alkanes) is 4. The van der Waals surface area contributed by atoms with Gasteiger partial charge in [0.25, 0.3) is 0 Å². The molecule has 3 rings (SSSR count). The van der Waals surface area contributed by atoms with Crippen LogP contribution in [-0.2, 0) is 5.41 Å². The summed E-state index contributed by atoms with van der Waals surface area (Å²) in [5.74, 6) is 0. The zero-order chi connectivity index (χ0) is 23.5. The fraction of sp³-hybridized carbons (Fsp3) is 0.515. The molecule has 0 spiro atoms. The Balaban J connectivity index is 2.38. The third-order valence-electron chi connectivity index (χ3n) is 7.53. The molecule has 0 aliphatic heterocycles. The van der Waals surface area contributed by atoms with Gasteiger partial charge in [-0.2, -0.15) is 0 Å². The molecule has 0 amide bonds. The molecule has 0 heterocycles. The van der Waals surface area contributed by atoms with Crippen LogP contribution in [0.1, 0.15) is 116 Å². The molecular formula is C33H46. The van der Waals surface area contributed by atoms with E-state index in [1.807, 2.05) is 0 Å². The predicted octanol–water partition coefficient (Wildman–Crippen LogP) is 10.3. The summed E-state index contributed by atoms with van der Waals surface area (Å²) in [5, 5.41) is 0. The number of benzene rings is 2. The Labute approximate surface area is 204 Å². The lowest BCUT2D eigenvalue weighted by atomic mass is 9.64. The molecule has 0 heteroatoms. The lowest BCUT2D eigenvalue weighted by molar-refractivity contribution is 0.606. The standard InChI is InChI=1S/C33H46/c1-5-9-23-29-30(24-10-6-2)32(26-12-8-4)33(31(29)25-11-7-3,27-19-15-13-16-20-27)28-21-17-14-18-22-28/h13-22H,5-12,23-26H2,1-4H3. The minimum atomic E-state index is -0.0843. The Kier molecular flexibility index (Phi) is 10.0. The molecule has 0 saturated carbocycles. The van der Waals surface area contributed by atoms with Crippen molar-refractivity contribution in [2.45, 2.75) is 110 Å². The van der Waals surface area contributed by atoms with Gasteiger partial charge in [-0.15, -0.1) is 0 Å². The van der Waals surface area contributed by atoms with Crippen LogP contribution in [-0.4, -0.2) is 0 Å². The quantitative estimate of drug-likeness (QED) is 0.273. The first-order valence-electron chi connectivity index (χ1n) is 13.8. The van der Waals surface area contributed by atoms with Crippen LogP contribution < -0.4 is 0 Å². The van der Waals surface area contributed by atoms with Crippen LogP contribution in [0.25, 0.3) is 0 Å². The minimum Gasteiger partial charge on any atom is -0.0654 e. The van der Waals surface area contributed by atoms with Gasteiger partial charge in [-0.05, 0) is 84.8 Å². The summed E-state index contributed by atoms with van der Waals surface area (Å²) in [6.07, 6.45) is 15.1. The highest BCUT2D eigenvalue weighted by Gasteiger charge is 2.47. The van der Waals surface area contributed by atoms with Crippen molar-refractivity contribution in [2.24, 2.45) is 0 Å². The van der Waals surface area contributed by atoms with Gasteiger partial charge >= 0.3 is 0 Å². The van der Waals surface area contributed by atoms with Crippen LogP contribution >= 0.6 is 0 Å². The van der Waals surface area contributed by atoms with Crippen LogP contribution in [0.4, 0.5) is 0 Å². The summed E-state index contributed by atoms with van der Waals surface area (Å²) >= 11 is 0. The second-order valence-corrected chi connectivity index (χ2v) is 9.81. The highest BCUT2D eigenvalue weighted by Crippen LogP contribution is 2.58. The lowest BCUT2D eigenvalue weighted by Crippen LogP contribution is -2.31. The third-order valence-corrected chi connectivity index (χ3v) is 7.53. The van der Waals surface area contributed by atoms with E-state index in [2.05, 4.69) is 88.4 Å². The molecule has 0 unspecified atom stereocenters. The Morgan fingerprint density at radius 3 is 1.12 bits per heavy atom. The van der Waals surface area contributed by atoms with Crippen molar-refractivity contribution in [3.63, 3.8) is 0 Å². The third kappa shape index (κ3) is 5.37. The largest absolute Gasteiger partial charge is 0.0654 e. The van der Waals surface area contributed by atoms with Crippen molar-refractivity contribution < 1.29 is 0 Å². The first-order chi connectivity index (χ1) is 16.2. The molecule has 0 atom stereocenters. The van der Waals surface area contributed by atoms with Gasteiger partial charge in [-0.1, -0.05) is 114 Å². The SMILES string of the molecule is CCCCC1=C(CCCC)C(c2ccccc2)(c2ccccc2)C(CCCC)=C1CCCC. The average Bonchev–Trinajstić information content (AvgIpc) is 3.13. The Hall–Kier alpha value is -2.08. The van der Waals surface area contributed by atoms with Gasteiger partial charge in [0.15, 0.2) is 0 Å². The van der Waals surface area contributed by atoms with Gasteiger partial charge in [0, 0.05) is 0 Å². The molecule has 0 bridgehead atoms. The number of allylic oxidation sites excluding steroid dienone is 4. The minimum absolute atomic E-state index is 0.0843. The maximum atomic E-state index is 2.41. The van der Waals surface area contributed by atoms with Crippen LogP contribution in [0.15, 0.2) is 83.0 Å². The van der Waals surface area contributed by atoms with Crippen molar-refractivity contribution in [3.8, 4) is 0 Å². The fourth-order valence-electron chi connectivity index (χ4n) is 5.93. The van der Waals surface area contributed by atoms with Gasteiger partial charge in [-0.3, -0.25) is 0 Å². The molecule has 0 nitrogen and oxygen atoms in total. The van der Waals surface area contributed by atoms with E-state index >= 15 is 0 Å². The number of hydrogen-bond donors (Lipinski definition) is 0. The van der Waals surface area contributed by atoms with Gasteiger partial charge in [-0.25, -0.2) is 0 Å². The molecule has 0 fully saturated rings. The molecular weight excluding hydrogens is 396 g/mol. The summed E-state index contributed by atoms with van der Waals surface area (Å²) in [4.78, 5) is 0. The summed E-state index contributed by atoms with van der Waals surface area (Å²) in [6, 6.07) is 23.0. The summed E-state index contributed by atoms with van der Waals surface area (Å²) in [6.45, 7) is 9.38. The number of rotatable bonds is 14. The molecule has 0 N–H and O–H groups in total. The zero-order valence-electron chi connectivity index (χ0n) is 21.8. The Morgan fingerprint density at radius 2 is 0.788 bits per heavy atom. The second-order valence-electron chi connectivity index (χ2n) is 9.81. The van der Waals surface area contributed by atoms with Crippen molar-refractivity contribution >= 4 is 0 Å². The van der Waals surface area contributed by atoms with E-state index in [-0.39, 0.29) is 5.41 Å². The highest BCUT2D eigenvalue weighted by atomic mass is 14.5. The van der Waals surface area contributed by atoms with Crippen LogP contribution in [0, 0.1) is 0 Å². The van der Waals surface area contributed by atoms with E-state index in [0.717, 1.165) is 0 Å². The Morgan fingerprint density at radius 1 is 0.455 bits per heavy atom. The summed E-state index contributed by atoms with van der Waals surface area (Å²) < 4.78 is 0. The molecule has 1 aliphatic rings. The molecule has 178 valence electrons. The zero-order valence-corrected chi connectivity index (χ0v) is 21.8. The van der Waals surface area contributed by atoms with Crippen LogP contribution in [0.5, 0.6) is 0 Å². The maximum Gasteiger partial charge on any atom is 0.0632 e. The van der Waals surface area contributed by atoms with E-state index in [4.69, 9.17) is 0 Å². The molecule has 2 aromatic rings. The maximum absolute atomic E-state index is 2.41. The first-order valence-corrected chi connectivity index (χ1v) is 13.8. The lowest BCUT2D eigenvalue weighted by Gasteiger charge is -2.38. The van der Waals surface area contributed by atoms with E-state index < -0.39 is 0 Å². The van der Waals surface area contributed by atoms with Crippen molar-refractivity contribution in [1.29, 1.82) is 0 Å². The molecule has 0 radical (unpaired) electrons. The van der Waals surface area contributed by atoms with E-state index in [9.17, 15) is 0 Å². The van der Waals surface area contributed by atoms with Gasteiger partial charge < -0.3 is 0 Å². The highest BCUT2D eigenvalue weighted by molar-refractivity contribution is 5.68. The van der Waals surface area contributed by atoms with Gasteiger partial charge in [0.2, 0.25) is 0 Å². The average molecular weight is 443 g/mol. The smallest absolute Gasteiger partial charge is 0.0632 e. The van der Waals surface area contributed by atoms with Crippen molar-refractivity contribution in [3.05, 3.63) is 94.1 Å². The van der Waals surface area contributed by atoms with Crippen LogP contribution in [0.2, 0.25) is 0 Å². The van der Waals surface area contributed by atoms with Crippen LogP contribution in [0.3, 0.4) is 0 Å². The van der Waals surface area contributed by atoms with Gasteiger partial charge in [0.05, 0.1) is 5.41 Å². The molecule has 33 heavy (non-hydrogen) atoms. The molecule has 0 aromatic heterocycles. The van der Waals surface area contributed by atoms with E-state index in [0.29, 0.717) is 0 Å². The summed E-state index contributed by atoms with van der Waals surface area (Å²) in [5.41, 5.74) is 9.80. The molecule has 1 aliphatic carbocycles. The Bertz CT molecular complexity index is 820. The number of hydrogen-bond acceptors (Lipinski definition) is 0. The van der Waals surface area contributed by atoms with Gasteiger partial charge in [0.1, 0.15) is 0 Å². The topological polar surface area (TPSA) is 0 Å².